The van der Waals surface area contributed by atoms with Crippen LogP contribution in [-0.4, -0.2) is 42.1 Å². The highest BCUT2D eigenvalue weighted by atomic mass is 32.1. The number of ether oxygens (including phenoxy) is 1. The van der Waals surface area contributed by atoms with Crippen molar-refractivity contribution in [2.24, 2.45) is 0 Å². The molecule has 1 aromatic carbocycles. The largest absolute Gasteiger partial charge is 0.378 e. The predicted molar refractivity (Wildman–Crippen MR) is 100 cm³/mol. The van der Waals surface area contributed by atoms with E-state index in [1.807, 2.05) is 11.0 Å². The molecule has 10 heteroatoms. The molecule has 1 saturated heterocycles. The average molecular weight is 385 g/mol. The number of hydrogen-bond donors (Lipinski definition) is 1. The van der Waals surface area contributed by atoms with E-state index >= 15 is 0 Å². The van der Waals surface area contributed by atoms with Gasteiger partial charge in [0, 0.05) is 30.7 Å². The van der Waals surface area contributed by atoms with Gasteiger partial charge in [-0.15, -0.1) is 11.3 Å². The standard InChI is InChI=1S/C17H15N5O4S/c18-11-13(16(23)20-17-19-3-8-27-17)9-12-1-2-14(15(10-12)22(24)25)21-4-6-26-7-5-21/h1-3,8-10H,4-7H2,(H,19,20,23)/b13-9+. The Labute approximate surface area is 158 Å². The van der Waals surface area contributed by atoms with Crippen molar-refractivity contribution in [2.75, 3.05) is 36.5 Å². The molecule has 0 aliphatic carbocycles. The lowest BCUT2D eigenvalue weighted by atomic mass is 10.1. The lowest BCUT2D eigenvalue weighted by Crippen LogP contribution is -2.36. The van der Waals surface area contributed by atoms with Crippen LogP contribution in [0.15, 0.2) is 35.3 Å². The number of nitrogens with one attached hydrogen (secondary N) is 1. The van der Waals surface area contributed by atoms with Gasteiger partial charge in [0.2, 0.25) is 0 Å². The fraction of sp³-hybridized carbons (Fsp3) is 0.235. The molecule has 0 spiro atoms. The highest BCUT2D eigenvalue weighted by molar-refractivity contribution is 7.13. The molecule has 2 aromatic rings. The van der Waals surface area contributed by atoms with E-state index in [2.05, 4.69) is 10.3 Å². The van der Waals surface area contributed by atoms with Gasteiger partial charge in [-0.3, -0.25) is 20.2 Å². The smallest absolute Gasteiger partial charge is 0.293 e. The number of amides is 1. The molecule has 2 heterocycles. The van der Waals surface area contributed by atoms with Crippen LogP contribution >= 0.6 is 11.3 Å². The molecule has 0 radical (unpaired) electrons. The van der Waals surface area contributed by atoms with E-state index in [9.17, 15) is 20.2 Å². The maximum absolute atomic E-state index is 12.2. The van der Waals surface area contributed by atoms with Gasteiger partial charge in [-0.25, -0.2) is 4.98 Å². The summed E-state index contributed by atoms with van der Waals surface area (Å²) in [6.07, 6.45) is 2.85. The molecule has 0 unspecified atom stereocenters. The first-order valence-electron chi connectivity index (χ1n) is 8.02. The number of morpholine rings is 1. The molecule has 9 nitrogen and oxygen atoms in total. The molecule has 3 rings (SSSR count). The SMILES string of the molecule is N#C/C(=C\c1ccc(N2CCOCC2)c([N+](=O)[O-])c1)C(=O)Nc1nccs1. The first kappa shape index (κ1) is 18.5. The first-order valence-corrected chi connectivity index (χ1v) is 8.90. The molecule has 1 aliphatic heterocycles. The van der Waals surface area contributed by atoms with Gasteiger partial charge in [-0.05, 0) is 17.7 Å². The zero-order chi connectivity index (χ0) is 19.2. The Kier molecular flexibility index (Phi) is 5.75. The second-order valence-electron chi connectivity index (χ2n) is 5.57. The molecule has 1 aromatic heterocycles. The van der Waals surface area contributed by atoms with Crippen LogP contribution in [0.2, 0.25) is 0 Å². The van der Waals surface area contributed by atoms with Crippen molar-refractivity contribution in [3.05, 3.63) is 51.0 Å². The van der Waals surface area contributed by atoms with Crippen molar-refractivity contribution >= 4 is 39.8 Å². The maximum Gasteiger partial charge on any atom is 0.293 e. The zero-order valence-corrected chi connectivity index (χ0v) is 14.9. The molecule has 0 saturated carbocycles. The van der Waals surface area contributed by atoms with Gasteiger partial charge in [0.25, 0.3) is 11.6 Å². The van der Waals surface area contributed by atoms with Crippen LogP contribution < -0.4 is 10.2 Å². The number of carbonyl (C=O) groups is 1. The van der Waals surface area contributed by atoms with Gasteiger partial charge < -0.3 is 9.64 Å². The number of hydrogen-bond acceptors (Lipinski definition) is 8. The summed E-state index contributed by atoms with van der Waals surface area (Å²) >= 11 is 1.22. The third-order valence-electron chi connectivity index (χ3n) is 3.88. The predicted octanol–water partition coefficient (Wildman–Crippen LogP) is 2.43. The summed E-state index contributed by atoms with van der Waals surface area (Å²) in [6, 6.07) is 6.45. The maximum atomic E-state index is 12.2. The number of nitriles is 1. The Morgan fingerprint density at radius 1 is 1.44 bits per heavy atom. The van der Waals surface area contributed by atoms with E-state index in [0.717, 1.165) is 0 Å². The molecular weight excluding hydrogens is 370 g/mol. The first-order chi connectivity index (χ1) is 13.1. The highest BCUT2D eigenvalue weighted by Crippen LogP contribution is 2.30. The van der Waals surface area contributed by atoms with Crippen LogP contribution in [0.1, 0.15) is 5.56 Å². The van der Waals surface area contributed by atoms with Gasteiger partial charge in [-0.2, -0.15) is 5.26 Å². The monoisotopic (exact) mass is 385 g/mol. The van der Waals surface area contributed by atoms with Crippen molar-refractivity contribution in [1.29, 1.82) is 5.26 Å². The van der Waals surface area contributed by atoms with Crippen LogP contribution in [0.5, 0.6) is 0 Å². The Morgan fingerprint density at radius 3 is 2.85 bits per heavy atom. The lowest BCUT2D eigenvalue weighted by Gasteiger charge is -2.28. The van der Waals surface area contributed by atoms with Crippen LogP contribution in [0.4, 0.5) is 16.5 Å². The Balaban J connectivity index is 1.87. The quantitative estimate of drug-likeness (QED) is 0.363. The van der Waals surface area contributed by atoms with Crippen molar-refractivity contribution in [3.8, 4) is 6.07 Å². The van der Waals surface area contributed by atoms with E-state index in [0.29, 0.717) is 42.7 Å². The molecular formula is C17H15N5O4S. The molecule has 0 bridgehead atoms. The molecule has 1 N–H and O–H groups in total. The van der Waals surface area contributed by atoms with Gasteiger partial charge in [-0.1, -0.05) is 6.07 Å². The number of carbonyl (C=O) groups excluding carboxylic acids is 1. The van der Waals surface area contributed by atoms with Gasteiger partial charge in [0.15, 0.2) is 5.13 Å². The van der Waals surface area contributed by atoms with E-state index in [-0.39, 0.29) is 11.3 Å². The van der Waals surface area contributed by atoms with E-state index in [4.69, 9.17) is 4.74 Å². The van der Waals surface area contributed by atoms with Crippen molar-refractivity contribution in [3.63, 3.8) is 0 Å². The number of anilines is 2. The summed E-state index contributed by atoms with van der Waals surface area (Å²) < 4.78 is 5.28. The van der Waals surface area contributed by atoms with Gasteiger partial charge in [0.05, 0.1) is 18.1 Å². The highest BCUT2D eigenvalue weighted by Gasteiger charge is 2.22. The third kappa shape index (κ3) is 4.46. The van der Waals surface area contributed by atoms with Crippen molar-refractivity contribution in [1.82, 2.24) is 4.98 Å². The van der Waals surface area contributed by atoms with E-state index in [1.165, 1.54) is 29.7 Å². The summed E-state index contributed by atoms with van der Waals surface area (Å²) in [4.78, 5) is 29.0. The van der Waals surface area contributed by atoms with Crippen molar-refractivity contribution < 1.29 is 14.5 Å². The lowest BCUT2D eigenvalue weighted by molar-refractivity contribution is -0.384. The minimum Gasteiger partial charge on any atom is -0.378 e. The van der Waals surface area contributed by atoms with E-state index < -0.39 is 10.8 Å². The average Bonchev–Trinajstić information content (AvgIpc) is 3.19. The molecule has 1 aliphatic rings. The fourth-order valence-corrected chi connectivity index (χ4v) is 3.14. The zero-order valence-electron chi connectivity index (χ0n) is 14.1. The number of aromatic nitrogens is 1. The second-order valence-corrected chi connectivity index (χ2v) is 6.46. The van der Waals surface area contributed by atoms with Crippen LogP contribution in [0, 0.1) is 21.4 Å². The van der Waals surface area contributed by atoms with Crippen LogP contribution in [-0.2, 0) is 9.53 Å². The van der Waals surface area contributed by atoms with Gasteiger partial charge >= 0.3 is 0 Å². The molecule has 0 atom stereocenters. The fourth-order valence-electron chi connectivity index (χ4n) is 2.61. The summed E-state index contributed by atoms with van der Waals surface area (Å²) in [5.74, 6) is -0.618. The molecule has 138 valence electrons. The molecule has 27 heavy (non-hydrogen) atoms. The van der Waals surface area contributed by atoms with Gasteiger partial charge in [0.1, 0.15) is 17.3 Å². The summed E-state index contributed by atoms with van der Waals surface area (Å²) in [5, 5.41) is 25.3. The second kappa shape index (κ2) is 8.39. The number of thiazole rings is 1. The summed E-state index contributed by atoms with van der Waals surface area (Å²) in [6.45, 7) is 2.15. The number of rotatable bonds is 5. The van der Waals surface area contributed by atoms with Crippen molar-refractivity contribution in [2.45, 2.75) is 0 Å². The Hall–Kier alpha value is -3.29. The number of benzene rings is 1. The van der Waals surface area contributed by atoms with E-state index in [1.54, 1.807) is 17.5 Å². The Morgan fingerprint density at radius 2 is 2.22 bits per heavy atom. The number of nitrogens with zero attached hydrogens (tertiary/aromatic N) is 4. The molecule has 1 fully saturated rings. The van der Waals surface area contributed by atoms with Crippen LogP contribution in [0.25, 0.3) is 6.08 Å². The topological polar surface area (TPSA) is 121 Å². The minimum absolute atomic E-state index is 0.0803. The summed E-state index contributed by atoms with van der Waals surface area (Å²) in [7, 11) is 0. The Bertz CT molecular complexity index is 914. The minimum atomic E-state index is -0.618. The van der Waals surface area contributed by atoms with Crippen LogP contribution in [0.3, 0.4) is 0 Å². The summed E-state index contributed by atoms with van der Waals surface area (Å²) in [5.41, 5.74) is 0.637. The number of nitro groups is 1. The normalized spacial score (nSPS) is 14.5. The third-order valence-corrected chi connectivity index (χ3v) is 4.57. The number of nitro benzene ring substituents is 1. The molecule has 1 amide bonds.